The maximum atomic E-state index is 12.1. The van der Waals surface area contributed by atoms with Crippen LogP contribution in [0.25, 0.3) is 0 Å². The molecule has 14 nitrogen and oxygen atoms in total. The maximum absolute atomic E-state index is 12.1. The normalized spacial score (nSPS) is 24.0. The number of hydrogen-bond donors (Lipinski definition) is 9. The predicted octanol–water partition coefficient (Wildman–Crippen LogP) is -1.26. The van der Waals surface area contributed by atoms with Crippen LogP contribution in [0.4, 0.5) is 0 Å². The molecule has 4 atom stereocenters. The van der Waals surface area contributed by atoms with Crippen LogP contribution in [0.15, 0.2) is 24.3 Å². The van der Waals surface area contributed by atoms with Crippen molar-refractivity contribution in [3.8, 4) is 34.5 Å². The molecule has 1 aliphatic rings. The van der Waals surface area contributed by atoms with Crippen LogP contribution in [0.2, 0.25) is 0 Å². The maximum Gasteiger partial charge on any atom is 0.338 e. The second-order valence-corrected chi connectivity index (χ2v) is 7.36. The van der Waals surface area contributed by atoms with Crippen molar-refractivity contribution in [3.05, 3.63) is 35.4 Å². The third-order valence-corrected chi connectivity index (χ3v) is 5.02. The Hall–Kier alpha value is -3.98. The largest absolute Gasteiger partial charge is 0.504 e. The van der Waals surface area contributed by atoms with Gasteiger partial charge in [0.15, 0.2) is 46.4 Å². The average Bonchev–Trinajstić information content (AvgIpc) is 3.00. The van der Waals surface area contributed by atoms with Gasteiger partial charge in [-0.25, -0.2) is 9.59 Å². The van der Waals surface area contributed by atoms with E-state index in [0.717, 1.165) is 24.3 Å². The zero-order valence-electron chi connectivity index (χ0n) is 17.0. The highest BCUT2D eigenvalue weighted by atomic mass is 16.7. The second kappa shape index (κ2) is 9.11. The highest BCUT2D eigenvalue weighted by molar-refractivity contribution is 5.91. The minimum absolute atomic E-state index is 0.370. The van der Waals surface area contributed by atoms with Gasteiger partial charge in [-0.3, -0.25) is 0 Å². The van der Waals surface area contributed by atoms with Crippen molar-refractivity contribution < 1.29 is 69.8 Å². The molecule has 1 aliphatic heterocycles. The third kappa shape index (κ3) is 4.55. The molecule has 14 heteroatoms. The minimum atomic E-state index is -2.57. The van der Waals surface area contributed by atoms with E-state index in [4.69, 9.17) is 14.2 Å². The number of aliphatic hydroxyl groups excluding tert-OH is 2. The number of phenols is 6. The molecule has 0 aromatic heterocycles. The van der Waals surface area contributed by atoms with Crippen LogP contribution in [0, 0.1) is 0 Å². The summed E-state index contributed by atoms with van der Waals surface area (Å²) in [5.74, 6) is -7.31. The summed E-state index contributed by atoms with van der Waals surface area (Å²) in [6, 6.07) is 3.13. The summed E-state index contributed by atoms with van der Waals surface area (Å²) in [5.41, 5.74) is -3.36. The molecule has 0 amide bonds. The molecule has 2 aromatic rings. The van der Waals surface area contributed by atoms with Gasteiger partial charge in [0.05, 0.1) is 11.1 Å². The Morgan fingerprint density at radius 1 is 0.794 bits per heavy atom. The summed E-state index contributed by atoms with van der Waals surface area (Å²) >= 11 is 0. The highest BCUT2D eigenvalue weighted by Gasteiger charge is 2.56. The Kier molecular flexibility index (Phi) is 6.60. The Labute approximate surface area is 189 Å². The summed E-state index contributed by atoms with van der Waals surface area (Å²) in [4.78, 5) is 24.2. The van der Waals surface area contributed by atoms with E-state index in [-0.39, 0.29) is 5.56 Å². The van der Waals surface area contributed by atoms with E-state index in [1.165, 1.54) is 0 Å². The molecule has 3 rings (SSSR count). The predicted molar refractivity (Wildman–Crippen MR) is 105 cm³/mol. The lowest BCUT2D eigenvalue weighted by Crippen LogP contribution is -2.52. The average molecular weight is 484 g/mol. The zero-order valence-corrected chi connectivity index (χ0v) is 17.0. The number of carbonyl (C=O) groups is 2. The Morgan fingerprint density at radius 3 is 1.65 bits per heavy atom. The Bertz CT molecular complexity index is 1070. The fraction of sp³-hybridized carbons (Fsp3) is 0.300. The Morgan fingerprint density at radius 2 is 1.21 bits per heavy atom. The van der Waals surface area contributed by atoms with Gasteiger partial charge in [-0.05, 0) is 24.3 Å². The van der Waals surface area contributed by atoms with Crippen LogP contribution in [-0.2, 0) is 14.2 Å². The van der Waals surface area contributed by atoms with Crippen LogP contribution in [0.5, 0.6) is 34.5 Å². The van der Waals surface area contributed by atoms with Gasteiger partial charge >= 0.3 is 11.9 Å². The smallest absolute Gasteiger partial charge is 0.338 e. The van der Waals surface area contributed by atoms with Crippen molar-refractivity contribution in [2.75, 3.05) is 13.2 Å². The monoisotopic (exact) mass is 484 g/mol. The van der Waals surface area contributed by atoms with E-state index in [1.54, 1.807) is 0 Å². The summed E-state index contributed by atoms with van der Waals surface area (Å²) in [6.07, 6.45) is -5.53. The number of carbonyl (C=O) groups excluding carboxylic acids is 2. The number of ether oxygens (including phenoxy) is 3. The van der Waals surface area contributed by atoms with E-state index in [1.807, 2.05) is 0 Å². The summed E-state index contributed by atoms with van der Waals surface area (Å²) in [5, 5.41) is 87.4. The molecule has 1 fully saturated rings. The van der Waals surface area contributed by atoms with E-state index in [9.17, 15) is 55.5 Å². The molecule has 2 aromatic carbocycles. The highest BCUT2D eigenvalue weighted by Crippen LogP contribution is 2.37. The molecule has 0 aliphatic carbocycles. The van der Waals surface area contributed by atoms with E-state index >= 15 is 0 Å². The number of phenolic OH excluding ortho intramolecular Hbond substituents is 6. The van der Waals surface area contributed by atoms with Crippen molar-refractivity contribution in [3.63, 3.8) is 0 Å². The van der Waals surface area contributed by atoms with Crippen LogP contribution in [-0.4, -0.2) is 95.2 Å². The lowest BCUT2D eigenvalue weighted by molar-refractivity contribution is -0.191. The first-order chi connectivity index (χ1) is 15.8. The molecule has 0 saturated carbocycles. The van der Waals surface area contributed by atoms with E-state index in [0.29, 0.717) is 0 Å². The van der Waals surface area contributed by atoms with Gasteiger partial charge in [0.25, 0.3) is 0 Å². The van der Waals surface area contributed by atoms with Gasteiger partial charge < -0.3 is 60.2 Å². The van der Waals surface area contributed by atoms with Crippen molar-refractivity contribution in [1.29, 1.82) is 0 Å². The molecule has 1 heterocycles. The van der Waals surface area contributed by atoms with Crippen molar-refractivity contribution in [2.45, 2.75) is 24.1 Å². The van der Waals surface area contributed by atoms with Crippen molar-refractivity contribution in [1.82, 2.24) is 0 Å². The van der Waals surface area contributed by atoms with Crippen LogP contribution in [0.1, 0.15) is 20.7 Å². The fourth-order valence-electron chi connectivity index (χ4n) is 3.06. The van der Waals surface area contributed by atoms with Crippen LogP contribution in [0.3, 0.4) is 0 Å². The number of aliphatic hydroxyl groups is 3. The summed E-state index contributed by atoms with van der Waals surface area (Å²) in [7, 11) is 0. The standard InChI is InChI=1S/C20H20O14/c21-9-1-7(2-10(22)14(9)25)17(28)32-5-13-16(27)20(31,19(30)34-13)6-33-18(29)8-3-11(23)15(26)12(24)4-8/h1-4,13,16,19,21-27,30-31H,5-6H2/t13-,16-,19+,20+/m0/s1. The summed E-state index contributed by atoms with van der Waals surface area (Å²) in [6.45, 7) is -1.75. The second-order valence-electron chi connectivity index (χ2n) is 7.36. The van der Waals surface area contributed by atoms with E-state index < -0.39 is 89.3 Å². The molecular weight excluding hydrogens is 464 g/mol. The molecule has 0 unspecified atom stereocenters. The first-order valence-corrected chi connectivity index (χ1v) is 9.43. The molecule has 0 spiro atoms. The van der Waals surface area contributed by atoms with Gasteiger partial charge in [-0.2, -0.15) is 0 Å². The van der Waals surface area contributed by atoms with Gasteiger partial charge in [-0.1, -0.05) is 0 Å². The first-order valence-electron chi connectivity index (χ1n) is 9.43. The number of rotatable bonds is 6. The molecule has 9 N–H and O–H groups in total. The lowest BCUT2D eigenvalue weighted by atomic mass is 9.96. The zero-order chi connectivity index (χ0) is 25.4. The summed E-state index contributed by atoms with van der Waals surface area (Å²) < 4.78 is 14.6. The minimum Gasteiger partial charge on any atom is -0.504 e. The quantitative estimate of drug-likeness (QED) is 0.172. The molecule has 34 heavy (non-hydrogen) atoms. The van der Waals surface area contributed by atoms with Gasteiger partial charge in [-0.15, -0.1) is 0 Å². The number of esters is 2. The molecule has 0 bridgehead atoms. The molecular formula is C20H20O14. The Balaban J connectivity index is 1.63. The third-order valence-electron chi connectivity index (χ3n) is 5.02. The number of benzene rings is 2. The number of aromatic hydroxyl groups is 6. The fourth-order valence-corrected chi connectivity index (χ4v) is 3.06. The van der Waals surface area contributed by atoms with E-state index in [2.05, 4.69) is 0 Å². The molecule has 1 saturated heterocycles. The SMILES string of the molecule is O=C(OC[C@@H]1O[C@@H](O)[C@@](O)(COC(=O)c2cc(O)c(O)c(O)c2)[C@H]1O)c1cc(O)c(O)c(O)c1. The van der Waals surface area contributed by atoms with Crippen molar-refractivity contribution in [2.24, 2.45) is 0 Å². The van der Waals surface area contributed by atoms with Gasteiger partial charge in [0, 0.05) is 0 Å². The lowest BCUT2D eigenvalue weighted by Gasteiger charge is -2.27. The topological polar surface area (TPSA) is 244 Å². The van der Waals surface area contributed by atoms with Crippen molar-refractivity contribution >= 4 is 11.9 Å². The van der Waals surface area contributed by atoms with Gasteiger partial charge in [0.1, 0.15) is 25.4 Å². The molecule has 0 radical (unpaired) electrons. The number of hydrogen-bond acceptors (Lipinski definition) is 14. The van der Waals surface area contributed by atoms with Crippen LogP contribution >= 0.6 is 0 Å². The van der Waals surface area contributed by atoms with Gasteiger partial charge in [0.2, 0.25) is 0 Å². The first kappa shape index (κ1) is 24.7. The molecule has 184 valence electrons. The van der Waals surface area contributed by atoms with Crippen LogP contribution < -0.4 is 0 Å².